The Morgan fingerprint density at radius 1 is 1.27 bits per heavy atom. The summed E-state index contributed by atoms with van der Waals surface area (Å²) in [6, 6.07) is 5.41. The summed E-state index contributed by atoms with van der Waals surface area (Å²) in [5, 5.41) is 16.1. The summed E-state index contributed by atoms with van der Waals surface area (Å²) >= 11 is 0. The van der Waals surface area contributed by atoms with E-state index in [1.54, 1.807) is 4.90 Å². The molecule has 2 saturated heterocycles. The summed E-state index contributed by atoms with van der Waals surface area (Å²) < 4.78 is 6.70. The molecule has 8 nitrogen and oxygen atoms in total. The molecule has 0 aliphatic carbocycles. The maximum absolute atomic E-state index is 14.4. The number of anilines is 2. The fraction of sp³-hybridized carbons (Fsp3) is 0.613. The van der Waals surface area contributed by atoms with Crippen molar-refractivity contribution in [3.05, 3.63) is 47.1 Å². The quantitative estimate of drug-likeness (QED) is 0.242. The number of benzene rings is 1. The number of carbonyl (C=O) groups excluding carboxylic acids is 2. The first kappa shape index (κ1) is 30.7. The van der Waals surface area contributed by atoms with Crippen LogP contribution in [-0.2, 0) is 19.9 Å². The van der Waals surface area contributed by atoms with Crippen LogP contribution in [0.2, 0.25) is 18.6 Å². The van der Waals surface area contributed by atoms with Gasteiger partial charge in [-0.25, -0.2) is 0 Å². The van der Waals surface area contributed by atoms with Gasteiger partial charge in [-0.1, -0.05) is 30.2 Å². The Labute approximate surface area is 240 Å². The second kappa shape index (κ2) is 12.3. The third kappa shape index (κ3) is 5.99. The number of aliphatic hydroxyl groups excluding tert-OH is 1. The van der Waals surface area contributed by atoms with Gasteiger partial charge in [0.05, 0.1) is 17.8 Å². The van der Waals surface area contributed by atoms with E-state index < -0.39 is 20.0 Å². The predicted octanol–water partition coefficient (Wildman–Crippen LogP) is 4.60. The minimum Gasteiger partial charge on any atom is -0.432 e. The number of hydrogen-bond donors (Lipinski definition) is 4. The minimum absolute atomic E-state index is 0.0806. The zero-order chi connectivity index (χ0) is 29.2. The van der Waals surface area contributed by atoms with Gasteiger partial charge in [0.25, 0.3) is 5.91 Å². The lowest BCUT2D eigenvalue weighted by Gasteiger charge is -2.32. The second-order valence-corrected chi connectivity index (χ2v) is 16.5. The smallest absolute Gasteiger partial charge is 0.264 e. The lowest BCUT2D eigenvalue weighted by Crippen LogP contribution is -2.46. The Balaban J connectivity index is 1.72. The molecule has 4 N–H and O–H groups in total. The van der Waals surface area contributed by atoms with Crippen LogP contribution in [0.15, 0.2) is 41.5 Å². The SMILES string of the molecule is CC(C)=CCC/C(C)=C/CN1C(=O)[C@@]2(O[C@@H](CCO)[C@H]([Si](C)(C)O)[C@H]2C)c2cc(NC(=O)[C@H]3CCCN3)ccc21. The Bertz CT molecular complexity index is 1170. The van der Waals surface area contributed by atoms with Crippen LogP contribution in [0.1, 0.15) is 65.4 Å². The first-order valence-electron chi connectivity index (χ1n) is 14.7. The highest BCUT2D eigenvalue weighted by Crippen LogP contribution is 2.59. The van der Waals surface area contributed by atoms with Crippen molar-refractivity contribution in [3.8, 4) is 0 Å². The third-order valence-corrected chi connectivity index (χ3v) is 11.3. The highest BCUT2D eigenvalue weighted by atomic mass is 28.4. The van der Waals surface area contributed by atoms with Crippen LogP contribution in [0.25, 0.3) is 0 Å². The number of aliphatic hydroxyl groups is 1. The molecule has 40 heavy (non-hydrogen) atoms. The van der Waals surface area contributed by atoms with Gasteiger partial charge in [0.15, 0.2) is 13.9 Å². The van der Waals surface area contributed by atoms with Crippen LogP contribution in [0, 0.1) is 5.92 Å². The largest absolute Gasteiger partial charge is 0.432 e. The van der Waals surface area contributed by atoms with Gasteiger partial charge >= 0.3 is 0 Å². The standard InChI is InChI=1S/C31H47N3O5Si/c1-20(2)9-7-10-21(3)14-17-34-26-13-12-23(33-29(36)25-11-8-16-32-25)19-24(26)31(30(34)37)22(4)28(40(5,6)38)27(39-31)15-18-35/h9,12-14,19,22,25,27-28,32,35,38H,7-8,10-11,15-18H2,1-6H3,(H,33,36)/b21-14+/t22-,25-,27+,28-,31+/m1/s1. The maximum atomic E-state index is 14.4. The molecule has 2 fully saturated rings. The molecular formula is C31H47N3O5Si. The van der Waals surface area contributed by atoms with Crippen LogP contribution in [0.4, 0.5) is 11.4 Å². The number of carbonyl (C=O) groups is 2. The van der Waals surface area contributed by atoms with E-state index in [0.717, 1.165) is 43.5 Å². The molecule has 1 spiro atoms. The first-order chi connectivity index (χ1) is 18.9. The Kier molecular flexibility index (Phi) is 9.41. The zero-order valence-corrected chi connectivity index (χ0v) is 25.9. The summed E-state index contributed by atoms with van der Waals surface area (Å²) in [5.41, 5.74) is 3.09. The monoisotopic (exact) mass is 569 g/mol. The molecule has 3 aliphatic rings. The fourth-order valence-electron chi connectivity index (χ4n) is 6.81. The molecule has 3 aliphatic heterocycles. The summed E-state index contributed by atoms with van der Waals surface area (Å²) in [5.74, 6) is -0.534. The number of ether oxygens (including phenoxy) is 1. The van der Waals surface area contributed by atoms with Crippen molar-refractivity contribution >= 4 is 31.5 Å². The van der Waals surface area contributed by atoms with Gasteiger partial charge < -0.3 is 30.2 Å². The van der Waals surface area contributed by atoms with Crippen LogP contribution in [0.5, 0.6) is 0 Å². The van der Waals surface area contributed by atoms with E-state index in [2.05, 4.69) is 43.6 Å². The first-order valence-corrected chi connectivity index (χ1v) is 17.7. The molecule has 0 radical (unpaired) electrons. The van der Waals surface area contributed by atoms with E-state index in [1.165, 1.54) is 11.1 Å². The molecule has 9 heteroatoms. The summed E-state index contributed by atoms with van der Waals surface area (Å²) in [4.78, 5) is 40.4. The van der Waals surface area contributed by atoms with Crippen molar-refractivity contribution in [3.63, 3.8) is 0 Å². The number of nitrogens with zero attached hydrogens (tertiary/aromatic N) is 1. The number of hydrogen-bond acceptors (Lipinski definition) is 6. The van der Waals surface area contributed by atoms with Crippen molar-refractivity contribution in [2.75, 3.05) is 29.9 Å². The van der Waals surface area contributed by atoms with Gasteiger partial charge in [0.2, 0.25) is 5.91 Å². The zero-order valence-electron chi connectivity index (χ0n) is 24.9. The van der Waals surface area contributed by atoms with Crippen LogP contribution in [-0.4, -0.2) is 61.9 Å². The molecule has 3 heterocycles. The number of fused-ring (bicyclic) bond motifs is 2. The number of allylic oxidation sites excluding steroid dienone is 3. The number of nitrogens with one attached hydrogen (secondary N) is 2. The van der Waals surface area contributed by atoms with E-state index in [-0.39, 0.29) is 35.9 Å². The molecule has 1 aromatic carbocycles. The molecule has 0 bridgehead atoms. The van der Waals surface area contributed by atoms with E-state index in [9.17, 15) is 19.5 Å². The molecule has 0 unspecified atom stereocenters. The van der Waals surface area contributed by atoms with E-state index in [4.69, 9.17) is 4.74 Å². The van der Waals surface area contributed by atoms with E-state index >= 15 is 0 Å². The van der Waals surface area contributed by atoms with Crippen LogP contribution >= 0.6 is 0 Å². The molecule has 0 aromatic heterocycles. The average molecular weight is 570 g/mol. The van der Waals surface area contributed by atoms with Crippen LogP contribution in [0.3, 0.4) is 0 Å². The molecule has 220 valence electrons. The molecule has 1 aromatic rings. The van der Waals surface area contributed by atoms with Gasteiger partial charge in [0, 0.05) is 35.9 Å². The molecule has 2 amide bonds. The Hall–Kier alpha value is -2.30. The number of amides is 2. The van der Waals surface area contributed by atoms with E-state index in [1.807, 2.05) is 38.2 Å². The van der Waals surface area contributed by atoms with E-state index in [0.29, 0.717) is 18.7 Å². The average Bonchev–Trinajstić information content (AvgIpc) is 3.56. The van der Waals surface area contributed by atoms with Crippen molar-refractivity contribution in [2.45, 2.75) is 96.2 Å². The number of rotatable bonds is 10. The normalized spacial score (nSPS) is 28.4. The summed E-state index contributed by atoms with van der Waals surface area (Å²) in [7, 11) is -2.77. The summed E-state index contributed by atoms with van der Waals surface area (Å²) in [6.45, 7) is 13.2. The Morgan fingerprint density at radius 2 is 2.02 bits per heavy atom. The van der Waals surface area contributed by atoms with Crippen molar-refractivity contribution in [2.24, 2.45) is 5.92 Å². The third-order valence-electron chi connectivity index (χ3n) is 8.76. The van der Waals surface area contributed by atoms with Gasteiger partial charge in [-0.15, -0.1) is 0 Å². The van der Waals surface area contributed by atoms with Crippen molar-refractivity contribution < 1.29 is 24.2 Å². The van der Waals surface area contributed by atoms with Crippen LogP contribution < -0.4 is 15.5 Å². The second-order valence-electron chi connectivity index (χ2n) is 12.5. The van der Waals surface area contributed by atoms with Crippen molar-refractivity contribution in [1.29, 1.82) is 0 Å². The lowest BCUT2D eigenvalue weighted by atomic mass is 9.82. The van der Waals surface area contributed by atoms with Gasteiger partial charge in [-0.05, 0) is 90.7 Å². The van der Waals surface area contributed by atoms with Gasteiger partial charge in [-0.3, -0.25) is 9.59 Å². The van der Waals surface area contributed by atoms with Crippen molar-refractivity contribution in [1.82, 2.24) is 5.32 Å². The fourth-order valence-corrected chi connectivity index (χ4v) is 9.41. The summed E-state index contributed by atoms with van der Waals surface area (Å²) in [6.07, 6.45) is 7.88. The highest BCUT2D eigenvalue weighted by molar-refractivity contribution is 6.71. The topological polar surface area (TPSA) is 111 Å². The highest BCUT2D eigenvalue weighted by Gasteiger charge is 2.66. The predicted molar refractivity (Wildman–Crippen MR) is 162 cm³/mol. The van der Waals surface area contributed by atoms with Gasteiger partial charge in [0.1, 0.15) is 0 Å². The molecule has 5 atom stereocenters. The van der Waals surface area contributed by atoms with Gasteiger partial charge in [-0.2, -0.15) is 0 Å². The minimum atomic E-state index is -2.77. The molecule has 4 rings (SSSR count). The maximum Gasteiger partial charge on any atom is 0.264 e. The molecule has 0 saturated carbocycles. The Morgan fingerprint density at radius 3 is 2.65 bits per heavy atom. The lowest BCUT2D eigenvalue weighted by molar-refractivity contribution is -0.146. The molecular weight excluding hydrogens is 522 g/mol.